The molecule has 5 heteroatoms. The van der Waals surface area contributed by atoms with E-state index in [4.69, 9.17) is 4.74 Å². The minimum absolute atomic E-state index is 0.375. The molecule has 0 saturated heterocycles. The maximum Gasteiger partial charge on any atom is 0.338 e. The third-order valence-electron chi connectivity index (χ3n) is 2.93. The summed E-state index contributed by atoms with van der Waals surface area (Å²) in [5, 5.41) is 3.25. The Labute approximate surface area is 126 Å². The van der Waals surface area contributed by atoms with Gasteiger partial charge in [-0.2, -0.15) is 0 Å². The summed E-state index contributed by atoms with van der Waals surface area (Å²) >= 11 is 3.47. The lowest BCUT2D eigenvalue weighted by Gasteiger charge is -2.13. The molecule has 1 aromatic heterocycles. The van der Waals surface area contributed by atoms with Gasteiger partial charge in [0.25, 0.3) is 0 Å². The van der Waals surface area contributed by atoms with Gasteiger partial charge in [0.1, 0.15) is 5.82 Å². The Morgan fingerprint density at radius 1 is 1.25 bits per heavy atom. The van der Waals surface area contributed by atoms with Gasteiger partial charge in [-0.1, -0.05) is 15.9 Å². The van der Waals surface area contributed by atoms with E-state index in [2.05, 4.69) is 26.2 Å². The lowest BCUT2D eigenvalue weighted by molar-refractivity contribution is 0.0600. The molecule has 1 heterocycles. The molecule has 0 aliphatic carbocycles. The summed E-state index contributed by atoms with van der Waals surface area (Å²) < 4.78 is 5.74. The number of hydrogen-bond acceptors (Lipinski definition) is 4. The first kappa shape index (κ1) is 14.5. The molecule has 20 heavy (non-hydrogen) atoms. The summed E-state index contributed by atoms with van der Waals surface area (Å²) in [5.74, 6) is 0.237. The van der Waals surface area contributed by atoms with E-state index in [1.165, 1.54) is 7.11 Å². The van der Waals surface area contributed by atoms with E-state index in [1.807, 2.05) is 26.0 Å². The van der Waals surface area contributed by atoms with Crippen molar-refractivity contribution in [2.45, 2.75) is 13.8 Å². The number of rotatable bonds is 3. The molecule has 0 aliphatic heterocycles. The monoisotopic (exact) mass is 334 g/mol. The third kappa shape index (κ3) is 3.17. The van der Waals surface area contributed by atoms with E-state index >= 15 is 0 Å². The Hall–Kier alpha value is -1.88. The molecule has 0 unspecified atom stereocenters. The molecule has 0 aliphatic rings. The van der Waals surface area contributed by atoms with Crippen molar-refractivity contribution in [3.8, 4) is 0 Å². The number of esters is 1. The number of nitrogens with zero attached hydrogens (tertiary/aromatic N) is 1. The number of hydrogen-bond donors (Lipinski definition) is 1. The van der Waals surface area contributed by atoms with Gasteiger partial charge in [-0.15, -0.1) is 0 Å². The molecule has 1 N–H and O–H groups in total. The van der Waals surface area contributed by atoms with Crippen LogP contribution in [-0.4, -0.2) is 18.1 Å². The molecule has 2 aromatic rings. The van der Waals surface area contributed by atoms with Crippen LogP contribution in [0, 0.1) is 13.8 Å². The summed E-state index contributed by atoms with van der Waals surface area (Å²) in [6.07, 6.45) is 1.58. The molecule has 1 aromatic carbocycles. The second-order valence-corrected chi connectivity index (χ2v) is 5.38. The molecule has 0 fully saturated rings. The van der Waals surface area contributed by atoms with Crippen LogP contribution in [0.25, 0.3) is 0 Å². The summed E-state index contributed by atoms with van der Waals surface area (Å²) in [6, 6.07) is 7.35. The van der Waals surface area contributed by atoms with Crippen LogP contribution < -0.4 is 5.32 Å². The first-order chi connectivity index (χ1) is 9.51. The van der Waals surface area contributed by atoms with Crippen LogP contribution in [0.2, 0.25) is 0 Å². The van der Waals surface area contributed by atoms with Crippen LogP contribution in [-0.2, 0) is 4.74 Å². The lowest BCUT2D eigenvalue weighted by Crippen LogP contribution is -2.04. The van der Waals surface area contributed by atoms with Gasteiger partial charge in [0.05, 0.1) is 12.7 Å². The van der Waals surface area contributed by atoms with Crippen LogP contribution in [0.4, 0.5) is 11.5 Å². The predicted molar refractivity (Wildman–Crippen MR) is 82.5 cm³/mol. The number of aryl methyl sites for hydroxylation is 2. The zero-order valence-corrected chi connectivity index (χ0v) is 13.1. The second-order valence-electron chi connectivity index (χ2n) is 4.46. The minimum atomic E-state index is -0.375. The van der Waals surface area contributed by atoms with Crippen molar-refractivity contribution in [3.63, 3.8) is 0 Å². The average molecular weight is 335 g/mol. The Morgan fingerprint density at radius 3 is 2.50 bits per heavy atom. The molecule has 104 valence electrons. The molecular formula is C15H15BrN2O2. The normalized spacial score (nSPS) is 10.2. The quantitative estimate of drug-likeness (QED) is 0.862. The number of carbonyl (C=O) groups is 1. The van der Waals surface area contributed by atoms with E-state index in [9.17, 15) is 4.79 Å². The van der Waals surface area contributed by atoms with Gasteiger partial charge >= 0.3 is 5.97 Å². The third-order valence-corrected chi connectivity index (χ3v) is 3.39. The molecule has 0 saturated carbocycles. The van der Waals surface area contributed by atoms with Crippen molar-refractivity contribution in [2.75, 3.05) is 12.4 Å². The highest BCUT2D eigenvalue weighted by Gasteiger charge is 2.09. The molecule has 0 radical (unpaired) electrons. The van der Waals surface area contributed by atoms with Crippen molar-refractivity contribution in [2.24, 2.45) is 0 Å². The van der Waals surface area contributed by atoms with Crippen molar-refractivity contribution in [1.29, 1.82) is 0 Å². The summed E-state index contributed by atoms with van der Waals surface area (Å²) in [6.45, 7) is 4.04. The Morgan fingerprint density at radius 2 is 1.90 bits per heavy atom. The van der Waals surface area contributed by atoms with E-state index in [1.54, 1.807) is 18.3 Å². The van der Waals surface area contributed by atoms with E-state index in [0.717, 1.165) is 21.3 Å². The molecule has 0 spiro atoms. The Bertz CT molecular complexity index is 633. The van der Waals surface area contributed by atoms with Crippen molar-refractivity contribution in [3.05, 3.63) is 51.6 Å². The number of carbonyl (C=O) groups excluding carboxylic acids is 1. The van der Waals surface area contributed by atoms with Crippen molar-refractivity contribution >= 4 is 33.4 Å². The van der Waals surface area contributed by atoms with Gasteiger partial charge in [-0.25, -0.2) is 9.78 Å². The smallest absolute Gasteiger partial charge is 0.338 e. The SMILES string of the molecule is COC(=O)c1ccnc(Nc2c(C)cc(Br)cc2C)c1. The first-order valence-corrected chi connectivity index (χ1v) is 6.88. The van der Waals surface area contributed by atoms with Crippen LogP contribution in [0.15, 0.2) is 34.9 Å². The van der Waals surface area contributed by atoms with E-state index in [0.29, 0.717) is 11.4 Å². The van der Waals surface area contributed by atoms with Gasteiger partial charge in [-0.05, 0) is 49.2 Å². The fraction of sp³-hybridized carbons (Fsp3) is 0.200. The van der Waals surface area contributed by atoms with Gasteiger partial charge in [-0.3, -0.25) is 0 Å². The average Bonchev–Trinajstić information content (AvgIpc) is 2.42. The number of nitrogens with one attached hydrogen (secondary N) is 1. The fourth-order valence-electron chi connectivity index (χ4n) is 1.98. The maximum absolute atomic E-state index is 11.5. The van der Waals surface area contributed by atoms with Crippen LogP contribution in [0.1, 0.15) is 21.5 Å². The van der Waals surface area contributed by atoms with Crippen molar-refractivity contribution < 1.29 is 9.53 Å². The maximum atomic E-state index is 11.5. The van der Waals surface area contributed by atoms with Crippen LogP contribution in [0.3, 0.4) is 0 Å². The fourth-order valence-corrected chi connectivity index (χ4v) is 2.67. The highest BCUT2D eigenvalue weighted by molar-refractivity contribution is 9.10. The molecular weight excluding hydrogens is 320 g/mol. The summed E-state index contributed by atoms with van der Waals surface area (Å²) in [7, 11) is 1.36. The minimum Gasteiger partial charge on any atom is -0.465 e. The summed E-state index contributed by atoms with van der Waals surface area (Å²) in [5.41, 5.74) is 3.66. The van der Waals surface area contributed by atoms with Gasteiger partial charge in [0.15, 0.2) is 0 Å². The number of benzene rings is 1. The molecule has 0 atom stereocenters. The standard InChI is InChI=1S/C15H15BrN2O2/c1-9-6-12(16)7-10(2)14(9)18-13-8-11(4-5-17-13)15(19)20-3/h4-8H,1-3H3,(H,17,18). The highest BCUT2D eigenvalue weighted by Crippen LogP contribution is 2.27. The highest BCUT2D eigenvalue weighted by atomic mass is 79.9. The van der Waals surface area contributed by atoms with Crippen LogP contribution >= 0.6 is 15.9 Å². The molecule has 0 bridgehead atoms. The van der Waals surface area contributed by atoms with Gasteiger partial charge < -0.3 is 10.1 Å². The zero-order chi connectivity index (χ0) is 14.7. The van der Waals surface area contributed by atoms with E-state index < -0.39 is 0 Å². The number of pyridine rings is 1. The second kappa shape index (κ2) is 6.05. The van der Waals surface area contributed by atoms with Crippen LogP contribution in [0.5, 0.6) is 0 Å². The molecule has 0 amide bonds. The number of ether oxygens (including phenoxy) is 1. The lowest BCUT2D eigenvalue weighted by atomic mass is 10.1. The van der Waals surface area contributed by atoms with Gasteiger partial charge in [0, 0.05) is 16.4 Å². The number of halogens is 1. The number of methoxy groups -OCH3 is 1. The predicted octanol–water partition coefficient (Wildman–Crippen LogP) is 3.99. The van der Waals surface area contributed by atoms with E-state index in [-0.39, 0.29) is 5.97 Å². The topological polar surface area (TPSA) is 51.2 Å². The summed E-state index contributed by atoms with van der Waals surface area (Å²) in [4.78, 5) is 15.7. The molecule has 2 rings (SSSR count). The van der Waals surface area contributed by atoms with Crippen molar-refractivity contribution in [1.82, 2.24) is 4.98 Å². The van der Waals surface area contributed by atoms with Gasteiger partial charge in [0.2, 0.25) is 0 Å². The molecule has 4 nitrogen and oxygen atoms in total. The largest absolute Gasteiger partial charge is 0.465 e. The number of anilines is 2. The number of aromatic nitrogens is 1. The first-order valence-electron chi connectivity index (χ1n) is 6.09. The Balaban J connectivity index is 2.33. The Kier molecular flexibility index (Phi) is 4.39. The zero-order valence-electron chi connectivity index (χ0n) is 11.5.